The smallest absolute Gasteiger partial charge is 0.220 e. The van der Waals surface area contributed by atoms with E-state index in [0.29, 0.717) is 18.0 Å². The summed E-state index contributed by atoms with van der Waals surface area (Å²) in [6, 6.07) is 17.7. The highest BCUT2D eigenvalue weighted by Crippen LogP contribution is 2.25. The van der Waals surface area contributed by atoms with E-state index in [1.165, 1.54) is 0 Å². The fourth-order valence-corrected chi connectivity index (χ4v) is 4.02. The Hall–Kier alpha value is -3.18. The van der Waals surface area contributed by atoms with Crippen molar-refractivity contribution in [2.75, 3.05) is 13.7 Å². The van der Waals surface area contributed by atoms with E-state index in [2.05, 4.69) is 14.9 Å². The van der Waals surface area contributed by atoms with Crippen LogP contribution in [-0.4, -0.2) is 29.1 Å². The number of carbonyl (C=O) groups is 1. The number of nitrogens with zero attached hydrogens (tertiary/aromatic N) is 1. The molecule has 1 amide bonds. The maximum atomic E-state index is 12.7. The Kier molecular flexibility index (Phi) is 6.63. The number of halogens is 1. The van der Waals surface area contributed by atoms with Crippen LogP contribution in [0.3, 0.4) is 0 Å². The van der Waals surface area contributed by atoms with Gasteiger partial charge in [0.2, 0.25) is 5.91 Å². The first-order chi connectivity index (χ1) is 15.1. The lowest BCUT2D eigenvalue weighted by Crippen LogP contribution is -2.28. The molecule has 0 aliphatic heterocycles. The number of fused-ring (bicyclic) bond motifs is 1. The molecule has 0 aliphatic rings. The number of H-pyrrole nitrogens is 1. The number of rotatable bonds is 9. The van der Waals surface area contributed by atoms with Crippen molar-refractivity contribution in [2.45, 2.75) is 25.3 Å². The summed E-state index contributed by atoms with van der Waals surface area (Å²) in [7, 11) is 1.67. The number of carbonyl (C=O) groups excluding carboxylic acids is 1. The first kappa shape index (κ1) is 21.1. The second-order valence-corrected chi connectivity index (χ2v) is 8.09. The van der Waals surface area contributed by atoms with E-state index >= 15 is 0 Å². The molecular formula is C25H26ClN3O2. The van der Waals surface area contributed by atoms with Crippen LogP contribution in [0.25, 0.3) is 10.9 Å². The number of methoxy groups -OCH3 is 1. The largest absolute Gasteiger partial charge is 0.497 e. The summed E-state index contributed by atoms with van der Waals surface area (Å²) in [4.78, 5) is 16.0. The molecule has 0 spiro atoms. The molecule has 2 heterocycles. The Morgan fingerprint density at radius 2 is 1.94 bits per heavy atom. The van der Waals surface area contributed by atoms with E-state index in [9.17, 15) is 4.79 Å². The van der Waals surface area contributed by atoms with Crippen LogP contribution < -0.4 is 10.1 Å². The molecule has 6 heteroatoms. The van der Waals surface area contributed by atoms with Crippen LogP contribution in [0, 0.1) is 0 Å². The maximum absolute atomic E-state index is 12.7. The normalized spacial score (nSPS) is 12.1. The van der Waals surface area contributed by atoms with Gasteiger partial charge in [0.15, 0.2) is 0 Å². The van der Waals surface area contributed by atoms with Gasteiger partial charge in [-0.2, -0.15) is 0 Å². The Labute approximate surface area is 187 Å². The van der Waals surface area contributed by atoms with Crippen molar-refractivity contribution in [2.24, 2.45) is 0 Å². The van der Waals surface area contributed by atoms with Crippen LogP contribution in [0.15, 0.2) is 73.2 Å². The Morgan fingerprint density at radius 3 is 2.68 bits per heavy atom. The lowest BCUT2D eigenvalue weighted by atomic mass is 9.95. The molecule has 1 atom stereocenters. The lowest BCUT2D eigenvalue weighted by Gasteiger charge is -2.18. The molecule has 2 aromatic heterocycles. The van der Waals surface area contributed by atoms with E-state index in [0.717, 1.165) is 40.7 Å². The quantitative estimate of drug-likeness (QED) is 0.381. The van der Waals surface area contributed by atoms with E-state index in [-0.39, 0.29) is 11.8 Å². The van der Waals surface area contributed by atoms with Gasteiger partial charge < -0.3 is 19.6 Å². The van der Waals surface area contributed by atoms with E-state index in [4.69, 9.17) is 16.3 Å². The molecule has 5 nitrogen and oxygen atoms in total. The number of aromatic amines is 1. The van der Waals surface area contributed by atoms with Crippen molar-refractivity contribution in [3.8, 4) is 5.75 Å². The highest BCUT2D eigenvalue weighted by atomic mass is 35.5. The molecule has 0 bridgehead atoms. The van der Waals surface area contributed by atoms with Crippen LogP contribution in [0.2, 0.25) is 5.02 Å². The summed E-state index contributed by atoms with van der Waals surface area (Å²) >= 11 is 6.05. The molecule has 4 aromatic rings. The SMILES string of the molecule is COc1ccc2[nH]cc(CCNC(=O)C[C@@H](Cn3cccc3)c3ccc(Cl)cc3)c2c1. The molecule has 0 saturated heterocycles. The molecule has 31 heavy (non-hydrogen) atoms. The topological polar surface area (TPSA) is 59.0 Å². The van der Waals surface area contributed by atoms with Gasteiger partial charge in [-0.1, -0.05) is 23.7 Å². The van der Waals surface area contributed by atoms with Crippen LogP contribution in [0.5, 0.6) is 5.75 Å². The fourth-order valence-electron chi connectivity index (χ4n) is 3.89. The van der Waals surface area contributed by atoms with Gasteiger partial charge in [0, 0.05) is 59.9 Å². The predicted octanol–water partition coefficient (Wildman–Crippen LogP) is 5.16. The van der Waals surface area contributed by atoms with E-state index < -0.39 is 0 Å². The number of ether oxygens (including phenoxy) is 1. The highest BCUT2D eigenvalue weighted by molar-refractivity contribution is 6.30. The van der Waals surface area contributed by atoms with Gasteiger partial charge in [0.05, 0.1) is 7.11 Å². The molecule has 0 aliphatic carbocycles. The van der Waals surface area contributed by atoms with Crippen molar-refractivity contribution in [1.82, 2.24) is 14.9 Å². The Balaban J connectivity index is 1.38. The lowest BCUT2D eigenvalue weighted by molar-refractivity contribution is -0.121. The molecular weight excluding hydrogens is 410 g/mol. The number of amides is 1. The summed E-state index contributed by atoms with van der Waals surface area (Å²) in [5, 5.41) is 4.91. The second-order valence-electron chi connectivity index (χ2n) is 7.66. The minimum atomic E-state index is 0.0459. The van der Waals surface area contributed by atoms with Crippen LogP contribution >= 0.6 is 11.6 Å². The molecule has 0 unspecified atom stereocenters. The number of hydrogen-bond acceptors (Lipinski definition) is 2. The third kappa shape index (κ3) is 5.30. The van der Waals surface area contributed by atoms with Gasteiger partial charge in [-0.25, -0.2) is 0 Å². The van der Waals surface area contributed by atoms with Gasteiger partial charge in [-0.05, 0) is 60.0 Å². The molecule has 0 radical (unpaired) electrons. The highest BCUT2D eigenvalue weighted by Gasteiger charge is 2.17. The van der Waals surface area contributed by atoms with Gasteiger partial charge in [-0.3, -0.25) is 4.79 Å². The minimum Gasteiger partial charge on any atom is -0.497 e. The summed E-state index contributed by atoms with van der Waals surface area (Å²) in [6.45, 7) is 1.32. The van der Waals surface area contributed by atoms with Crippen molar-refractivity contribution in [3.05, 3.63) is 89.3 Å². The Morgan fingerprint density at radius 1 is 1.16 bits per heavy atom. The molecule has 2 N–H and O–H groups in total. The third-order valence-corrected chi connectivity index (χ3v) is 5.81. The standard InChI is InChI=1S/C25H26ClN3O2/c1-31-22-8-9-24-23(15-22)19(16-28-24)10-11-27-25(30)14-20(17-29-12-2-3-13-29)18-4-6-21(26)7-5-18/h2-9,12-13,15-16,20,28H,10-11,14,17H2,1H3,(H,27,30)/t20-/m0/s1. The monoisotopic (exact) mass is 435 g/mol. The van der Waals surface area contributed by atoms with Crippen LogP contribution in [0.4, 0.5) is 0 Å². The molecule has 4 rings (SSSR count). The molecule has 0 fully saturated rings. The zero-order chi connectivity index (χ0) is 21.6. The zero-order valence-electron chi connectivity index (χ0n) is 17.5. The summed E-state index contributed by atoms with van der Waals surface area (Å²) in [5.41, 5.74) is 3.34. The van der Waals surface area contributed by atoms with Crippen molar-refractivity contribution < 1.29 is 9.53 Å². The van der Waals surface area contributed by atoms with E-state index in [1.54, 1.807) is 7.11 Å². The molecule has 2 aromatic carbocycles. The average Bonchev–Trinajstić information content (AvgIpc) is 3.43. The first-order valence-electron chi connectivity index (χ1n) is 10.4. The second kappa shape index (κ2) is 9.75. The van der Waals surface area contributed by atoms with Crippen LogP contribution in [-0.2, 0) is 17.8 Å². The number of aromatic nitrogens is 2. The van der Waals surface area contributed by atoms with Crippen LogP contribution in [0.1, 0.15) is 23.5 Å². The van der Waals surface area contributed by atoms with Gasteiger partial charge in [-0.15, -0.1) is 0 Å². The first-order valence-corrected chi connectivity index (χ1v) is 10.8. The predicted molar refractivity (Wildman–Crippen MR) is 125 cm³/mol. The van der Waals surface area contributed by atoms with Crippen molar-refractivity contribution in [3.63, 3.8) is 0 Å². The summed E-state index contributed by atoms with van der Waals surface area (Å²) in [5.74, 6) is 0.944. The number of hydrogen-bond donors (Lipinski definition) is 2. The minimum absolute atomic E-state index is 0.0459. The van der Waals surface area contributed by atoms with Crippen molar-refractivity contribution >= 4 is 28.4 Å². The van der Waals surface area contributed by atoms with E-state index in [1.807, 2.05) is 73.2 Å². The molecule has 0 saturated carbocycles. The molecule has 160 valence electrons. The van der Waals surface area contributed by atoms with Gasteiger partial charge in [0.25, 0.3) is 0 Å². The third-order valence-electron chi connectivity index (χ3n) is 5.56. The number of nitrogens with one attached hydrogen (secondary N) is 2. The average molecular weight is 436 g/mol. The number of benzene rings is 2. The van der Waals surface area contributed by atoms with Gasteiger partial charge in [0.1, 0.15) is 5.75 Å². The summed E-state index contributed by atoms with van der Waals surface area (Å²) < 4.78 is 7.43. The zero-order valence-corrected chi connectivity index (χ0v) is 18.2. The maximum Gasteiger partial charge on any atom is 0.220 e. The Bertz CT molecular complexity index is 1130. The summed E-state index contributed by atoms with van der Waals surface area (Å²) in [6.07, 6.45) is 7.21. The van der Waals surface area contributed by atoms with Crippen molar-refractivity contribution in [1.29, 1.82) is 0 Å². The van der Waals surface area contributed by atoms with Gasteiger partial charge >= 0.3 is 0 Å². The fraction of sp³-hybridized carbons (Fsp3) is 0.240.